The maximum absolute atomic E-state index is 13.5. The van der Waals surface area contributed by atoms with Crippen molar-refractivity contribution >= 4 is 22.5 Å². The van der Waals surface area contributed by atoms with Crippen molar-refractivity contribution in [1.29, 1.82) is 0 Å². The van der Waals surface area contributed by atoms with Gasteiger partial charge in [0.25, 0.3) is 5.56 Å². The van der Waals surface area contributed by atoms with Crippen molar-refractivity contribution in [2.24, 2.45) is 18.2 Å². The number of rotatable bonds is 2. The number of hydrogen-bond donors (Lipinski definition) is 3. The molecule has 4 aromatic rings. The van der Waals surface area contributed by atoms with E-state index in [1.54, 1.807) is 10.8 Å². The summed E-state index contributed by atoms with van der Waals surface area (Å²) in [5, 5.41) is 12.5. The van der Waals surface area contributed by atoms with Crippen LogP contribution in [0.1, 0.15) is 30.1 Å². The lowest BCUT2D eigenvalue weighted by Gasteiger charge is -2.42. The van der Waals surface area contributed by atoms with E-state index in [1.165, 1.54) is 0 Å². The molecule has 1 spiro atoms. The fourth-order valence-corrected chi connectivity index (χ4v) is 5.58. The quantitative estimate of drug-likeness (QED) is 0.427. The van der Waals surface area contributed by atoms with E-state index in [1.807, 2.05) is 43.0 Å². The minimum Gasteiger partial charge on any atom is -0.383 e. The summed E-state index contributed by atoms with van der Waals surface area (Å²) in [5.74, 6) is 1.32. The number of aromatic nitrogens is 6. The van der Waals surface area contributed by atoms with Crippen molar-refractivity contribution in [3.05, 3.63) is 52.2 Å². The number of piperidine rings is 1. The average molecular weight is 446 g/mol. The van der Waals surface area contributed by atoms with Crippen LogP contribution in [0.5, 0.6) is 0 Å². The van der Waals surface area contributed by atoms with Gasteiger partial charge >= 0.3 is 0 Å². The summed E-state index contributed by atoms with van der Waals surface area (Å²) in [6.45, 7) is 4.41. The second-order valence-corrected chi connectivity index (χ2v) is 9.34. The van der Waals surface area contributed by atoms with Crippen molar-refractivity contribution < 1.29 is 0 Å². The maximum atomic E-state index is 13.5. The van der Waals surface area contributed by atoms with Gasteiger partial charge < -0.3 is 16.4 Å². The number of H-pyrrole nitrogens is 1. The number of nitrogens with zero attached hydrogens (tertiary/aromatic N) is 6. The van der Waals surface area contributed by atoms with Crippen LogP contribution >= 0.6 is 0 Å². The summed E-state index contributed by atoms with van der Waals surface area (Å²) in [7, 11) is 1.82. The standard InChI is InChI=1S/C23H27N9O/c1-13-14(3-7-26-21(13)25)19-18-15(28-29-19)11-17(30(2)22(18)33)31-9-5-23(6-10-31)12-32-16(20(23)24)4-8-27-32/h3-4,7-8,11,20H,5-6,9-10,12,24H2,1-2H3,(H2,25,26)(H,28,29)/t20-/m1/s1. The van der Waals surface area contributed by atoms with E-state index in [-0.39, 0.29) is 17.0 Å². The molecule has 10 heteroatoms. The van der Waals surface area contributed by atoms with Gasteiger partial charge in [0, 0.05) is 61.7 Å². The largest absolute Gasteiger partial charge is 0.383 e. The van der Waals surface area contributed by atoms with Crippen LogP contribution in [0, 0.1) is 12.3 Å². The molecular weight excluding hydrogens is 418 g/mol. The van der Waals surface area contributed by atoms with Crippen LogP contribution < -0.4 is 21.9 Å². The highest BCUT2D eigenvalue weighted by Crippen LogP contribution is 2.48. The molecule has 0 aromatic carbocycles. The van der Waals surface area contributed by atoms with Gasteiger partial charge in [-0.05, 0) is 31.9 Å². The minimum atomic E-state index is -0.0842. The fourth-order valence-electron chi connectivity index (χ4n) is 5.58. The van der Waals surface area contributed by atoms with Crippen LogP contribution in [0.25, 0.3) is 22.2 Å². The molecule has 1 fully saturated rings. The second kappa shape index (κ2) is 6.92. The number of nitrogen functional groups attached to an aromatic ring is 1. The molecule has 1 atom stereocenters. The molecule has 0 bridgehead atoms. The Balaban J connectivity index is 1.34. The van der Waals surface area contributed by atoms with Crippen LogP contribution in [0.3, 0.4) is 0 Å². The Morgan fingerprint density at radius 1 is 1.21 bits per heavy atom. The smallest absolute Gasteiger partial charge is 0.263 e. The van der Waals surface area contributed by atoms with E-state index < -0.39 is 0 Å². The SMILES string of the molecule is Cc1c(-c2n[nH]c3cc(N4CCC5(CC4)Cn4nccc4[C@H]5N)n(C)c(=O)c23)ccnc1N. The van der Waals surface area contributed by atoms with E-state index >= 15 is 0 Å². The average Bonchev–Trinajstić information content (AvgIpc) is 3.50. The fraction of sp³-hybridized carbons (Fsp3) is 0.391. The molecule has 0 aliphatic carbocycles. The first-order valence-electron chi connectivity index (χ1n) is 11.2. The van der Waals surface area contributed by atoms with Crippen molar-refractivity contribution in [2.45, 2.75) is 32.4 Å². The van der Waals surface area contributed by atoms with Gasteiger partial charge in [-0.15, -0.1) is 0 Å². The van der Waals surface area contributed by atoms with Gasteiger partial charge in [-0.3, -0.25) is 19.1 Å². The van der Waals surface area contributed by atoms with E-state index in [9.17, 15) is 4.79 Å². The zero-order valence-electron chi connectivity index (χ0n) is 18.7. The molecule has 6 heterocycles. The molecule has 0 unspecified atom stereocenters. The number of pyridine rings is 2. The minimum absolute atomic E-state index is 0.000321. The van der Waals surface area contributed by atoms with Crippen molar-refractivity contribution in [1.82, 2.24) is 29.5 Å². The lowest BCUT2D eigenvalue weighted by atomic mass is 9.73. The van der Waals surface area contributed by atoms with Crippen LogP contribution in [0.4, 0.5) is 11.6 Å². The molecule has 6 rings (SSSR count). The van der Waals surface area contributed by atoms with Crippen LogP contribution in [-0.4, -0.2) is 42.6 Å². The molecule has 10 nitrogen and oxygen atoms in total. The summed E-state index contributed by atoms with van der Waals surface area (Å²) < 4.78 is 3.76. The van der Waals surface area contributed by atoms with E-state index in [2.05, 4.69) is 25.2 Å². The first-order valence-corrected chi connectivity index (χ1v) is 11.2. The van der Waals surface area contributed by atoms with Crippen molar-refractivity contribution in [3.63, 3.8) is 0 Å². The predicted octanol–water partition coefficient (Wildman–Crippen LogP) is 1.71. The third-order valence-electron chi connectivity index (χ3n) is 7.70. The third kappa shape index (κ3) is 2.76. The molecule has 2 aliphatic rings. The molecular formula is C23H27N9O. The molecule has 0 amide bonds. The summed E-state index contributed by atoms with van der Waals surface area (Å²) in [6.07, 6.45) is 5.37. The van der Waals surface area contributed by atoms with E-state index in [4.69, 9.17) is 11.5 Å². The second-order valence-electron chi connectivity index (χ2n) is 9.34. The van der Waals surface area contributed by atoms with Gasteiger partial charge in [0.1, 0.15) is 17.3 Å². The van der Waals surface area contributed by atoms with Gasteiger partial charge in [0.2, 0.25) is 0 Å². The normalized spacial score (nSPS) is 19.5. The van der Waals surface area contributed by atoms with Crippen LogP contribution in [0.2, 0.25) is 0 Å². The lowest BCUT2D eigenvalue weighted by molar-refractivity contribution is 0.170. The Bertz CT molecular complexity index is 1440. The molecule has 5 N–H and O–H groups in total. The highest BCUT2D eigenvalue weighted by molar-refractivity contribution is 5.94. The first kappa shape index (κ1) is 20.0. The maximum Gasteiger partial charge on any atom is 0.263 e. The Labute approximate surface area is 190 Å². The van der Waals surface area contributed by atoms with Crippen molar-refractivity contribution in [3.8, 4) is 11.3 Å². The topological polar surface area (TPSA) is 137 Å². The van der Waals surface area contributed by atoms with Gasteiger partial charge in [-0.2, -0.15) is 10.2 Å². The number of anilines is 2. The number of nitrogens with one attached hydrogen (secondary N) is 1. The van der Waals surface area contributed by atoms with E-state index in [0.29, 0.717) is 16.9 Å². The molecule has 33 heavy (non-hydrogen) atoms. The number of fused-ring (bicyclic) bond motifs is 2. The molecule has 1 saturated heterocycles. The van der Waals surface area contributed by atoms with Crippen molar-refractivity contribution in [2.75, 3.05) is 23.7 Å². The van der Waals surface area contributed by atoms with Gasteiger partial charge in [0.05, 0.1) is 22.6 Å². The Hall–Kier alpha value is -3.66. The molecule has 4 aromatic heterocycles. The lowest BCUT2D eigenvalue weighted by Crippen LogP contribution is -2.45. The number of aromatic amines is 1. The Morgan fingerprint density at radius 2 is 2.00 bits per heavy atom. The zero-order valence-corrected chi connectivity index (χ0v) is 18.7. The van der Waals surface area contributed by atoms with Gasteiger partial charge in [-0.1, -0.05) is 0 Å². The monoisotopic (exact) mass is 445 g/mol. The molecule has 0 radical (unpaired) electrons. The first-order chi connectivity index (χ1) is 15.9. The number of hydrogen-bond acceptors (Lipinski definition) is 7. The summed E-state index contributed by atoms with van der Waals surface area (Å²) >= 11 is 0. The van der Waals surface area contributed by atoms with Crippen LogP contribution in [0.15, 0.2) is 35.4 Å². The third-order valence-corrected chi connectivity index (χ3v) is 7.70. The van der Waals surface area contributed by atoms with Gasteiger partial charge in [0.15, 0.2) is 0 Å². The number of nitrogens with two attached hydrogens (primary N) is 2. The summed E-state index contributed by atoms with van der Waals surface area (Å²) in [4.78, 5) is 19.9. The Morgan fingerprint density at radius 3 is 2.76 bits per heavy atom. The van der Waals surface area contributed by atoms with E-state index in [0.717, 1.165) is 60.6 Å². The Kier molecular flexibility index (Phi) is 4.19. The van der Waals surface area contributed by atoms with Gasteiger partial charge in [-0.25, -0.2) is 4.98 Å². The highest BCUT2D eigenvalue weighted by Gasteiger charge is 2.47. The highest BCUT2D eigenvalue weighted by atomic mass is 16.1. The predicted molar refractivity (Wildman–Crippen MR) is 127 cm³/mol. The van der Waals surface area contributed by atoms with Crippen LogP contribution in [-0.2, 0) is 13.6 Å². The molecule has 0 saturated carbocycles. The summed E-state index contributed by atoms with van der Waals surface area (Å²) in [5.41, 5.74) is 16.6. The molecule has 2 aliphatic heterocycles. The zero-order chi connectivity index (χ0) is 22.9. The summed E-state index contributed by atoms with van der Waals surface area (Å²) in [6, 6.07) is 5.89. The molecule has 170 valence electrons.